The van der Waals surface area contributed by atoms with E-state index < -0.39 is 17.8 Å². The van der Waals surface area contributed by atoms with Crippen LogP contribution < -0.4 is 0 Å². The van der Waals surface area contributed by atoms with E-state index >= 15 is 0 Å². The molecule has 0 atom stereocenters. The van der Waals surface area contributed by atoms with Gasteiger partial charge >= 0.3 is 108 Å². The van der Waals surface area contributed by atoms with Crippen LogP contribution in [-0.4, -0.2) is 43.3 Å². The number of nitrogens with zero attached hydrogens (tertiary/aromatic N) is 1. The first-order chi connectivity index (χ1) is 8.16. The van der Waals surface area contributed by atoms with Crippen LogP contribution in [0.25, 0.3) is 0 Å². The Labute approximate surface area is 108 Å². The number of hydrogen-bond donors (Lipinski definition) is 0. The minimum absolute atomic E-state index is 0.133. The van der Waals surface area contributed by atoms with Crippen molar-refractivity contribution in [3.05, 3.63) is 19.8 Å². The standard InChI is InChI=1S/C11H11NO4Te/c13-9-4-5-10(14)12(9)16-11(15)6-3-8-2-1-7-17-8/h1-2,7H,3-6H2. The van der Waals surface area contributed by atoms with E-state index in [9.17, 15) is 14.4 Å². The van der Waals surface area contributed by atoms with Crippen molar-refractivity contribution in [3.8, 4) is 0 Å². The van der Waals surface area contributed by atoms with Crippen LogP contribution in [0.5, 0.6) is 0 Å². The Kier molecular flexibility index (Phi) is 3.97. The zero-order chi connectivity index (χ0) is 12.3. The summed E-state index contributed by atoms with van der Waals surface area (Å²) in [6.45, 7) is 0. The number of aryl methyl sites for hydroxylation is 1. The second kappa shape index (κ2) is 5.48. The van der Waals surface area contributed by atoms with E-state index in [0.29, 0.717) is 11.5 Å². The second-order valence-electron chi connectivity index (χ2n) is 3.62. The predicted molar refractivity (Wildman–Crippen MR) is 58.9 cm³/mol. The van der Waals surface area contributed by atoms with E-state index in [1.165, 1.54) is 3.58 Å². The average molecular weight is 349 g/mol. The van der Waals surface area contributed by atoms with Crippen LogP contribution in [0.1, 0.15) is 22.8 Å². The third-order valence-electron chi connectivity index (χ3n) is 2.35. The quantitative estimate of drug-likeness (QED) is 0.579. The van der Waals surface area contributed by atoms with Crippen molar-refractivity contribution < 1.29 is 19.2 Å². The molecular formula is C11H11NO4Te. The Morgan fingerprint density at radius 2 is 2.06 bits per heavy atom. The summed E-state index contributed by atoms with van der Waals surface area (Å²) in [4.78, 5) is 38.6. The Hall–Kier alpha value is -1.12. The molecular weight excluding hydrogens is 338 g/mol. The third kappa shape index (κ3) is 3.18. The van der Waals surface area contributed by atoms with Gasteiger partial charge in [-0.15, -0.1) is 0 Å². The number of carbonyl (C=O) groups excluding carboxylic acids is 3. The molecule has 0 aromatic carbocycles. The van der Waals surface area contributed by atoms with Gasteiger partial charge in [0, 0.05) is 0 Å². The number of hydroxylamine groups is 2. The maximum atomic E-state index is 11.4. The molecule has 6 heteroatoms. The first kappa shape index (κ1) is 12.3. The average Bonchev–Trinajstić information content (AvgIpc) is 2.91. The van der Waals surface area contributed by atoms with Gasteiger partial charge in [0.15, 0.2) is 0 Å². The van der Waals surface area contributed by atoms with Gasteiger partial charge in [0.05, 0.1) is 0 Å². The van der Waals surface area contributed by atoms with Crippen LogP contribution >= 0.6 is 0 Å². The van der Waals surface area contributed by atoms with Crippen molar-refractivity contribution in [2.45, 2.75) is 25.7 Å². The molecule has 0 spiro atoms. The topological polar surface area (TPSA) is 63.7 Å². The summed E-state index contributed by atoms with van der Waals surface area (Å²) < 4.78 is 3.42. The number of rotatable bonds is 4. The molecule has 17 heavy (non-hydrogen) atoms. The number of imide groups is 1. The molecule has 90 valence electrons. The Morgan fingerprint density at radius 3 is 2.65 bits per heavy atom. The summed E-state index contributed by atoms with van der Waals surface area (Å²) >= 11 is -0.232. The van der Waals surface area contributed by atoms with Gasteiger partial charge in [-0.3, -0.25) is 0 Å². The molecule has 2 heterocycles. The number of carbonyl (C=O) groups is 3. The minimum atomic E-state index is -0.520. The van der Waals surface area contributed by atoms with E-state index in [2.05, 4.69) is 4.08 Å². The SMILES string of the molecule is O=C(CCc1ccc[te]1)ON1C(=O)CCC1=O. The normalized spacial score (nSPS) is 15.4. The van der Waals surface area contributed by atoms with Gasteiger partial charge in [-0.1, -0.05) is 0 Å². The molecule has 1 fully saturated rings. The number of hydrogen-bond acceptors (Lipinski definition) is 4. The second-order valence-corrected chi connectivity index (χ2v) is 6.57. The molecule has 1 aromatic rings. The van der Waals surface area contributed by atoms with E-state index in [1.807, 2.05) is 12.1 Å². The molecule has 0 unspecified atom stereocenters. The molecule has 0 N–H and O–H groups in total. The first-order valence-electron chi connectivity index (χ1n) is 5.26. The number of amides is 2. The zero-order valence-electron chi connectivity index (χ0n) is 9.05. The van der Waals surface area contributed by atoms with Crippen LogP contribution in [0.15, 0.2) is 16.2 Å². The summed E-state index contributed by atoms with van der Waals surface area (Å²) in [6, 6.07) is 4.01. The zero-order valence-corrected chi connectivity index (χ0v) is 11.4. The molecule has 0 saturated carbocycles. The van der Waals surface area contributed by atoms with Crippen LogP contribution in [0.3, 0.4) is 0 Å². The molecule has 1 saturated heterocycles. The van der Waals surface area contributed by atoms with E-state index in [1.54, 1.807) is 0 Å². The first-order valence-corrected chi connectivity index (χ1v) is 7.77. The van der Waals surface area contributed by atoms with Gasteiger partial charge in [-0.25, -0.2) is 0 Å². The Bertz CT molecular complexity index is 424. The van der Waals surface area contributed by atoms with E-state index in [-0.39, 0.29) is 39.7 Å². The van der Waals surface area contributed by atoms with Gasteiger partial charge in [-0.05, 0) is 0 Å². The van der Waals surface area contributed by atoms with Crippen molar-refractivity contribution >= 4 is 38.2 Å². The summed E-state index contributed by atoms with van der Waals surface area (Å²) in [7, 11) is 0. The molecule has 1 aromatic heterocycles. The summed E-state index contributed by atoms with van der Waals surface area (Å²) in [5.41, 5.74) is 0. The Balaban J connectivity index is 1.81. The van der Waals surface area contributed by atoms with Crippen molar-refractivity contribution in [2.24, 2.45) is 0 Å². The van der Waals surface area contributed by atoms with Crippen LogP contribution in [0, 0.1) is 0 Å². The summed E-state index contributed by atoms with van der Waals surface area (Å²) in [6.07, 6.45) is 1.14. The van der Waals surface area contributed by atoms with Gasteiger partial charge in [0.1, 0.15) is 0 Å². The van der Waals surface area contributed by atoms with Crippen molar-refractivity contribution in [2.75, 3.05) is 0 Å². The molecule has 1 aliphatic heterocycles. The van der Waals surface area contributed by atoms with Crippen LogP contribution in [0.2, 0.25) is 0 Å². The van der Waals surface area contributed by atoms with Gasteiger partial charge in [0.2, 0.25) is 0 Å². The van der Waals surface area contributed by atoms with Crippen LogP contribution in [-0.2, 0) is 25.6 Å². The van der Waals surface area contributed by atoms with Crippen molar-refractivity contribution in [3.63, 3.8) is 0 Å². The summed E-state index contributed by atoms with van der Waals surface area (Å²) in [5.74, 6) is -1.38. The fraction of sp³-hybridized carbons (Fsp3) is 0.364. The van der Waals surface area contributed by atoms with Gasteiger partial charge in [-0.2, -0.15) is 0 Å². The summed E-state index contributed by atoms with van der Waals surface area (Å²) in [5, 5.41) is 0.598. The van der Waals surface area contributed by atoms with Crippen molar-refractivity contribution in [1.29, 1.82) is 0 Å². The molecule has 0 radical (unpaired) electrons. The molecule has 2 amide bonds. The maximum absolute atomic E-state index is 11.4. The predicted octanol–water partition coefficient (Wildman–Crippen LogP) is 0.283. The molecule has 5 nitrogen and oxygen atoms in total. The third-order valence-corrected chi connectivity index (χ3v) is 5.03. The van der Waals surface area contributed by atoms with E-state index in [4.69, 9.17) is 4.84 Å². The van der Waals surface area contributed by atoms with Crippen LogP contribution in [0.4, 0.5) is 0 Å². The van der Waals surface area contributed by atoms with Crippen molar-refractivity contribution in [1.82, 2.24) is 5.06 Å². The molecule has 1 aliphatic rings. The van der Waals surface area contributed by atoms with E-state index in [0.717, 1.165) is 0 Å². The fourth-order valence-corrected chi connectivity index (χ4v) is 3.51. The monoisotopic (exact) mass is 351 g/mol. The van der Waals surface area contributed by atoms with Gasteiger partial charge in [0.25, 0.3) is 0 Å². The van der Waals surface area contributed by atoms with Gasteiger partial charge < -0.3 is 0 Å². The Morgan fingerprint density at radius 1 is 1.35 bits per heavy atom. The molecule has 0 bridgehead atoms. The molecule has 2 rings (SSSR count). The molecule has 0 aliphatic carbocycles. The fourth-order valence-electron chi connectivity index (χ4n) is 1.49.